The monoisotopic (exact) mass is 345 g/mol. The lowest BCUT2D eigenvalue weighted by Crippen LogP contribution is -2.42. The molecule has 122 valence electrons. The van der Waals surface area contributed by atoms with Crippen molar-refractivity contribution in [1.29, 1.82) is 0 Å². The third-order valence-electron chi connectivity index (χ3n) is 3.75. The van der Waals surface area contributed by atoms with E-state index in [0.717, 1.165) is 0 Å². The number of amides is 1. The van der Waals surface area contributed by atoms with Gasteiger partial charge in [0.25, 0.3) is 5.91 Å². The van der Waals surface area contributed by atoms with Crippen molar-refractivity contribution in [3.8, 4) is 0 Å². The highest BCUT2D eigenvalue weighted by Gasteiger charge is 2.34. The summed E-state index contributed by atoms with van der Waals surface area (Å²) in [5, 5.41) is 0.561. The molecule has 1 atom stereocenters. The first-order valence-corrected chi connectivity index (χ1v) is 9.39. The van der Waals surface area contributed by atoms with E-state index in [0.29, 0.717) is 36.6 Å². The zero-order chi connectivity index (χ0) is 16.2. The lowest BCUT2D eigenvalue weighted by Gasteiger charge is -2.28. The Bertz CT molecular complexity index is 615. The third-order valence-corrected chi connectivity index (χ3v) is 5.75. The summed E-state index contributed by atoms with van der Waals surface area (Å²) in [7, 11) is -1.44. The quantitative estimate of drug-likeness (QED) is 0.740. The van der Waals surface area contributed by atoms with Crippen molar-refractivity contribution in [2.24, 2.45) is 0 Å². The standard InChI is InChI=1S/C15H20ClNO4S/c1-21-9-2-8-17(14-7-10-22(19,20)11-14)15(18)12-3-5-13(16)6-4-12/h3-6,14H,2,7-11H2,1H3. The number of hydrogen-bond donors (Lipinski definition) is 0. The number of benzene rings is 1. The number of halogens is 1. The van der Waals surface area contributed by atoms with Crippen LogP contribution in [0.5, 0.6) is 0 Å². The highest BCUT2D eigenvalue weighted by molar-refractivity contribution is 7.91. The molecular formula is C15H20ClNO4S. The largest absolute Gasteiger partial charge is 0.385 e. The van der Waals surface area contributed by atoms with E-state index in [4.69, 9.17) is 16.3 Å². The molecule has 1 amide bonds. The normalized spacial score (nSPS) is 20.0. The first-order chi connectivity index (χ1) is 10.4. The van der Waals surface area contributed by atoms with Crippen LogP contribution < -0.4 is 0 Å². The molecule has 1 aromatic rings. The van der Waals surface area contributed by atoms with Gasteiger partial charge in [0, 0.05) is 36.9 Å². The van der Waals surface area contributed by atoms with Gasteiger partial charge in [0.1, 0.15) is 0 Å². The van der Waals surface area contributed by atoms with Gasteiger partial charge in [0.15, 0.2) is 9.84 Å². The molecule has 0 spiro atoms. The Morgan fingerprint density at radius 3 is 2.59 bits per heavy atom. The van der Waals surface area contributed by atoms with Crippen molar-refractivity contribution in [3.63, 3.8) is 0 Å². The van der Waals surface area contributed by atoms with Crippen LogP contribution in [0.2, 0.25) is 5.02 Å². The fourth-order valence-electron chi connectivity index (χ4n) is 2.61. The molecule has 1 aromatic carbocycles. The lowest BCUT2D eigenvalue weighted by molar-refractivity contribution is 0.0674. The minimum absolute atomic E-state index is 0.0410. The maximum atomic E-state index is 12.7. The van der Waals surface area contributed by atoms with Crippen LogP contribution in [0.25, 0.3) is 0 Å². The molecule has 2 rings (SSSR count). The van der Waals surface area contributed by atoms with Gasteiger partial charge in [-0.3, -0.25) is 4.79 Å². The first-order valence-electron chi connectivity index (χ1n) is 7.19. The Labute approximate surface area is 136 Å². The highest BCUT2D eigenvalue weighted by atomic mass is 35.5. The second-order valence-corrected chi connectivity index (χ2v) is 8.07. The number of rotatable bonds is 6. The molecule has 1 aliphatic heterocycles. The van der Waals surface area contributed by atoms with Gasteiger partial charge in [0.05, 0.1) is 11.5 Å². The molecule has 1 aliphatic rings. The number of nitrogens with zero attached hydrogens (tertiary/aromatic N) is 1. The first kappa shape index (κ1) is 17.2. The molecule has 0 aromatic heterocycles. The van der Waals surface area contributed by atoms with Gasteiger partial charge in [-0.2, -0.15) is 0 Å². The Kier molecular flexibility index (Phi) is 5.83. The van der Waals surface area contributed by atoms with E-state index >= 15 is 0 Å². The van der Waals surface area contributed by atoms with Crippen molar-refractivity contribution < 1.29 is 17.9 Å². The summed E-state index contributed by atoms with van der Waals surface area (Å²) in [6.45, 7) is 1.01. The smallest absolute Gasteiger partial charge is 0.254 e. The summed E-state index contributed by atoms with van der Waals surface area (Å²) in [6, 6.07) is 6.39. The molecule has 1 unspecified atom stereocenters. The topological polar surface area (TPSA) is 63.7 Å². The van der Waals surface area contributed by atoms with Gasteiger partial charge in [-0.05, 0) is 37.1 Å². The molecule has 1 heterocycles. The predicted molar refractivity (Wildman–Crippen MR) is 86.0 cm³/mol. The van der Waals surface area contributed by atoms with Crippen molar-refractivity contribution in [2.45, 2.75) is 18.9 Å². The molecule has 5 nitrogen and oxygen atoms in total. The minimum atomic E-state index is -3.04. The van der Waals surface area contributed by atoms with Crippen LogP contribution in [0.15, 0.2) is 24.3 Å². The summed E-state index contributed by atoms with van der Waals surface area (Å²) in [4.78, 5) is 14.4. The number of sulfone groups is 1. The molecule has 0 N–H and O–H groups in total. The molecule has 1 saturated heterocycles. The zero-order valence-corrected chi connectivity index (χ0v) is 14.1. The van der Waals surface area contributed by atoms with Crippen molar-refractivity contribution >= 4 is 27.3 Å². The predicted octanol–water partition coefficient (Wildman–Crippen LogP) is 2.01. The van der Waals surface area contributed by atoms with E-state index in [1.165, 1.54) is 0 Å². The third kappa shape index (κ3) is 4.44. The van der Waals surface area contributed by atoms with Crippen LogP contribution in [-0.4, -0.2) is 57.0 Å². The van der Waals surface area contributed by atoms with Crippen molar-refractivity contribution in [1.82, 2.24) is 4.90 Å². The Morgan fingerprint density at radius 2 is 2.05 bits per heavy atom. The number of carbonyl (C=O) groups excluding carboxylic acids is 1. The summed E-state index contributed by atoms with van der Waals surface area (Å²) in [5.41, 5.74) is 0.520. The van der Waals surface area contributed by atoms with Crippen molar-refractivity contribution in [2.75, 3.05) is 31.8 Å². The van der Waals surface area contributed by atoms with Gasteiger partial charge in [-0.25, -0.2) is 8.42 Å². The molecule has 7 heteroatoms. The summed E-state index contributed by atoms with van der Waals surface area (Å²) < 4.78 is 28.4. The molecule has 0 radical (unpaired) electrons. The number of carbonyl (C=O) groups is 1. The second kappa shape index (κ2) is 7.44. The minimum Gasteiger partial charge on any atom is -0.385 e. The van der Waals surface area contributed by atoms with Gasteiger partial charge in [-0.1, -0.05) is 11.6 Å². The van der Waals surface area contributed by atoms with Crippen LogP contribution in [0.1, 0.15) is 23.2 Å². The molecule has 0 saturated carbocycles. The Balaban J connectivity index is 2.16. The van der Waals surface area contributed by atoms with Crippen LogP contribution in [0.4, 0.5) is 0 Å². The molecule has 0 bridgehead atoms. The molecule has 1 fully saturated rings. The fourth-order valence-corrected chi connectivity index (χ4v) is 4.47. The number of ether oxygens (including phenoxy) is 1. The molecule has 22 heavy (non-hydrogen) atoms. The van der Waals surface area contributed by atoms with E-state index in [1.807, 2.05) is 0 Å². The maximum Gasteiger partial charge on any atom is 0.254 e. The van der Waals surface area contributed by atoms with Crippen LogP contribution in [-0.2, 0) is 14.6 Å². The average Bonchev–Trinajstić information content (AvgIpc) is 2.84. The summed E-state index contributed by atoms with van der Waals surface area (Å²) in [6.07, 6.45) is 1.17. The number of methoxy groups -OCH3 is 1. The zero-order valence-electron chi connectivity index (χ0n) is 12.5. The fraction of sp³-hybridized carbons (Fsp3) is 0.533. The van der Waals surface area contributed by atoms with E-state index in [2.05, 4.69) is 0 Å². The Hall–Kier alpha value is -1.11. The van der Waals surface area contributed by atoms with E-state index in [9.17, 15) is 13.2 Å². The van der Waals surface area contributed by atoms with Crippen LogP contribution in [0, 0.1) is 0 Å². The van der Waals surface area contributed by atoms with E-state index in [-0.39, 0.29) is 23.5 Å². The van der Waals surface area contributed by atoms with Gasteiger partial charge >= 0.3 is 0 Å². The van der Waals surface area contributed by atoms with Crippen molar-refractivity contribution in [3.05, 3.63) is 34.9 Å². The van der Waals surface area contributed by atoms with Gasteiger partial charge in [0.2, 0.25) is 0 Å². The number of hydrogen-bond acceptors (Lipinski definition) is 4. The molecular weight excluding hydrogens is 326 g/mol. The summed E-state index contributed by atoms with van der Waals surface area (Å²) >= 11 is 5.84. The molecule has 0 aliphatic carbocycles. The van der Waals surface area contributed by atoms with E-state index < -0.39 is 9.84 Å². The Morgan fingerprint density at radius 1 is 1.36 bits per heavy atom. The average molecular weight is 346 g/mol. The maximum absolute atomic E-state index is 12.7. The lowest BCUT2D eigenvalue weighted by atomic mass is 10.1. The van der Waals surface area contributed by atoms with Crippen LogP contribution >= 0.6 is 11.6 Å². The SMILES string of the molecule is COCCCN(C(=O)c1ccc(Cl)cc1)C1CCS(=O)(=O)C1. The van der Waals surface area contributed by atoms with Gasteiger partial charge < -0.3 is 9.64 Å². The van der Waals surface area contributed by atoms with E-state index in [1.54, 1.807) is 36.3 Å². The second-order valence-electron chi connectivity index (χ2n) is 5.41. The highest BCUT2D eigenvalue weighted by Crippen LogP contribution is 2.21. The van der Waals surface area contributed by atoms with Gasteiger partial charge in [-0.15, -0.1) is 0 Å². The summed E-state index contributed by atoms with van der Waals surface area (Å²) in [5.74, 6) is 0.0286. The van der Waals surface area contributed by atoms with Crippen LogP contribution in [0.3, 0.4) is 0 Å².